The Morgan fingerprint density at radius 3 is 1.90 bits per heavy atom. The standard InChI is InChI=1S/C19H29N2/c1-2-3-4-5-6-7-8-9-10-11-16-19-20-17-14-12-13-15-18(17)21-19/h12-15H,2-11,16H2,1H3. The number of benzene rings is 1. The van der Waals surface area contributed by atoms with E-state index in [4.69, 9.17) is 0 Å². The Balaban J connectivity index is 1.45. The van der Waals surface area contributed by atoms with Crippen LogP contribution in [-0.2, 0) is 0 Å². The van der Waals surface area contributed by atoms with E-state index in [9.17, 15) is 0 Å². The van der Waals surface area contributed by atoms with E-state index >= 15 is 0 Å². The predicted octanol–water partition coefficient (Wildman–Crippen LogP) is 6.28. The summed E-state index contributed by atoms with van der Waals surface area (Å²) in [5, 5.41) is 4.58. The van der Waals surface area contributed by atoms with Gasteiger partial charge in [-0.25, -0.2) is 10.3 Å². The van der Waals surface area contributed by atoms with Crippen LogP contribution in [0.1, 0.15) is 77.6 Å². The fourth-order valence-corrected chi connectivity index (χ4v) is 2.84. The smallest absolute Gasteiger partial charge is 0.129 e. The highest BCUT2D eigenvalue weighted by Gasteiger charge is 2.13. The largest absolute Gasteiger partial charge is 0.231 e. The van der Waals surface area contributed by atoms with Gasteiger partial charge in [-0.15, -0.1) is 0 Å². The molecule has 0 saturated heterocycles. The van der Waals surface area contributed by atoms with Crippen LogP contribution in [0.25, 0.3) is 0 Å². The zero-order valence-corrected chi connectivity index (χ0v) is 13.5. The lowest BCUT2D eigenvalue weighted by molar-refractivity contribution is 0.559. The van der Waals surface area contributed by atoms with Crippen molar-refractivity contribution in [2.24, 2.45) is 4.99 Å². The van der Waals surface area contributed by atoms with Crippen LogP contribution in [0, 0.1) is 0 Å². The Kier molecular flexibility index (Phi) is 7.34. The number of aliphatic imine (C=N–C) groups is 1. The quantitative estimate of drug-likeness (QED) is 0.428. The Labute approximate surface area is 130 Å². The molecule has 0 spiro atoms. The summed E-state index contributed by atoms with van der Waals surface area (Å²) in [4.78, 5) is 4.58. The van der Waals surface area contributed by atoms with Gasteiger partial charge < -0.3 is 0 Å². The Morgan fingerprint density at radius 1 is 0.714 bits per heavy atom. The first-order valence-electron chi connectivity index (χ1n) is 8.78. The van der Waals surface area contributed by atoms with Crippen molar-refractivity contribution in [2.75, 3.05) is 0 Å². The summed E-state index contributed by atoms with van der Waals surface area (Å²) in [6.07, 6.45) is 14.8. The third-order valence-electron chi connectivity index (χ3n) is 4.13. The van der Waals surface area contributed by atoms with E-state index in [1.54, 1.807) is 0 Å². The average molecular weight is 285 g/mol. The maximum Gasteiger partial charge on any atom is 0.129 e. The molecule has 0 aliphatic carbocycles. The van der Waals surface area contributed by atoms with Crippen LogP contribution in [0.4, 0.5) is 11.4 Å². The number of unbranched alkanes of at least 4 members (excludes halogenated alkanes) is 9. The SMILES string of the molecule is CCCCCCCCCCCCC1=Nc2ccccc2[N]1. The minimum absolute atomic E-state index is 1.02. The van der Waals surface area contributed by atoms with E-state index in [1.807, 2.05) is 24.3 Å². The van der Waals surface area contributed by atoms with Crippen molar-refractivity contribution in [2.45, 2.75) is 77.6 Å². The third kappa shape index (κ3) is 5.91. The molecule has 21 heavy (non-hydrogen) atoms. The first-order chi connectivity index (χ1) is 10.4. The molecule has 0 atom stereocenters. The summed E-state index contributed by atoms with van der Waals surface area (Å²) in [6.45, 7) is 2.28. The van der Waals surface area contributed by atoms with Gasteiger partial charge in [0.1, 0.15) is 5.84 Å². The molecule has 1 aromatic carbocycles. The first-order valence-corrected chi connectivity index (χ1v) is 8.78. The topological polar surface area (TPSA) is 26.5 Å². The molecule has 0 fully saturated rings. The third-order valence-corrected chi connectivity index (χ3v) is 4.13. The van der Waals surface area contributed by atoms with Crippen LogP contribution >= 0.6 is 0 Å². The van der Waals surface area contributed by atoms with Gasteiger partial charge >= 0.3 is 0 Å². The maximum atomic E-state index is 4.58. The van der Waals surface area contributed by atoms with E-state index in [1.165, 1.54) is 64.2 Å². The van der Waals surface area contributed by atoms with Crippen LogP contribution in [0.15, 0.2) is 29.3 Å². The van der Waals surface area contributed by atoms with Crippen molar-refractivity contribution >= 4 is 17.2 Å². The van der Waals surface area contributed by atoms with Crippen molar-refractivity contribution in [1.29, 1.82) is 0 Å². The van der Waals surface area contributed by atoms with E-state index in [0.29, 0.717) is 0 Å². The molecule has 0 unspecified atom stereocenters. The molecule has 1 aliphatic heterocycles. The number of amidine groups is 1. The Hall–Kier alpha value is -1.31. The summed E-state index contributed by atoms with van der Waals surface area (Å²) in [5.74, 6) is 1.02. The first kappa shape index (κ1) is 16.1. The molecule has 0 N–H and O–H groups in total. The van der Waals surface area contributed by atoms with Gasteiger partial charge in [0.15, 0.2) is 0 Å². The second-order valence-electron chi connectivity index (χ2n) is 6.06. The van der Waals surface area contributed by atoms with Crippen LogP contribution < -0.4 is 5.32 Å². The van der Waals surface area contributed by atoms with Crippen molar-refractivity contribution < 1.29 is 0 Å². The molecule has 1 heterocycles. The molecule has 1 aromatic rings. The van der Waals surface area contributed by atoms with Gasteiger partial charge in [0.05, 0.1) is 11.4 Å². The fourth-order valence-electron chi connectivity index (χ4n) is 2.84. The van der Waals surface area contributed by atoms with Crippen molar-refractivity contribution in [3.63, 3.8) is 0 Å². The molecular weight excluding hydrogens is 256 g/mol. The van der Waals surface area contributed by atoms with Crippen molar-refractivity contribution in [3.8, 4) is 0 Å². The number of para-hydroxylation sites is 2. The molecule has 0 bridgehead atoms. The van der Waals surface area contributed by atoms with Crippen molar-refractivity contribution in [1.82, 2.24) is 5.32 Å². The van der Waals surface area contributed by atoms with Crippen LogP contribution in [-0.4, -0.2) is 5.84 Å². The lowest BCUT2D eigenvalue weighted by Crippen LogP contribution is -2.05. The molecule has 1 radical (unpaired) electrons. The highest BCUT2D eigenvalue weighted by atomic mass is 15.1. The highest BCUT2D eigenvalue weighted by Crippen LogP contribution is 2.30. The molecule has 0 aromatic heterocycles. The lowest BCUT2D eigenvalue weighted by Gasteiger charge is -2.02. The molecule has 115 valence electrons. The molecule has 2 rings (SSSR count). The second kappa shape index (κ2) is 9.59. The fraction of sp³-hybridized carbons (Fsp3) is 0.632. The molecule has 1 aliphatic rings. The van der Waals surface area contributed by atoms with E-state index in [0.717, 1.165) is 23.6 Å². The van der Waals surface area contributed by atoms with E-state index in [-0.39, 0.29) is 0 Å². The number of nitrogens with zero attached hydrogens (tertiary/aromatic N) is 2. The minimum Gasteiger partial charge on any atom is -0.231 e. The minimum atomic E-state index is 1.02. The number of hydrogen-bond acceptors (Lipinski definition) is 1. The van der Waals surface area contributed by atoms with Crippen LogP contribution in [0.3, 0.4) is 0 Å². The molecule has 2 nitrogen and oxygen atoms in total. The molecule has 2 heteroatoms. The van der Waals surface area contributed by atoms with E-state index < -0.39 is 0 Å². The normalized spacial score (nSPS) is 12.9. The monoisotopic (exact) mass is 285 g/mol. The average Bonchev–Trinajstić information content (AvgIpc) is 2.92. The maximum absolute atomic E-state index is 4.58. The lowest BCUT2D eigenvalue weighted by atomic mass is 10.1. The summed E-state index contributed by atoms with van der Waals surface area (Å²) < 4.78 is 0. The summed E-state index contributed by atoms with van der Waals surface area (Å²) in [7, 11) is 0. The van der Waals surface area contributed by atoms with Gasteiger partial charge in [-0.3, -0.25) is 0 Å². The second-order valence-corrected chi connectivity index (χ2v) is 6.06. The zero-order chi connectivity index (χ0) is 14.8. The zero-order valence-electron chi connectivity index (χ0n) is 13.5. The Bertz CT molecular complexity index is 437. The van der Waals surface area contributed by atoms with Crippen LogP contribution in [0.2, 0.25) is 0 Å². The summed E-state index contributed by atoms with van der Waals surface area (Å²) >= 11 is 0. The van der Waals surface area contributed by atoms with E-state index in [2.05, 4.69) is 17.2 Å². The highest BCUT2D eigenvalue weighted by molar-refractivity contribution is 5.95. The number of hydrogen-bond donors (Lipinski definition) is 0. The van der Waals surface area contributed by atoms with Gasteiger partial charge in [0, 0.05) is 6.42 Å². The summed E-state index contributed by atoms with van der Waals surface area (Å²) in [5.41, 5.74) is 2.08. The van der Waals surface area contributed by atoms with Gasteiger partial charge in [-0.2, -0.15) is 0 Å². The number of fused-ring (bicyclic) bond motifs is 1. The van der Waals surface area contributed by atoms with Crippen LogP contribution in [0.5, 0.6) is 0 Å². The summed E-state index contributed by atoms with van der Waals surface area (Å²) in [6, 6.07) is 8.15. The predicted molar refractivity (Wildman–Crippen MR) is 91.8 cm³/mol. The molecule has 0 amide bonds. The van der Waals surface area contributed by atoms with Gasteiger partial charge in [0.2, 0.25) is 0 Å². The molecular formula is C19H29N2. The molecule has 0 saturated carbocycles. The van der Waals surface area contributed by atoms with Gasteiger partial charge in [-0.1, -0.05) is 76.8 Å². The van der Waals surface area contributed by atoms with Gasteiger partial charge in [-0.05, 0) is 18.6 Å². The number of rotatable bonds is 11. The Morgan fingerprint density at radius 2 is 1.29 bits per heavy atom. The van der Waals surface area contributed by atoms with Gasteiger partial charge in [0.25, 0.3) is 0 Å². The van der Waals surface area contributed by atoms with Crippen molar-refractivity contribution in [3.05, 3.63) is 24.3 Å².